The molecule has 0 spiro atoms. The molecule has 0 aliphatic rings. The molecule has 2 N–H and O–H groups in total. The van der Waals surface area contributed by atoms with Gasteiger partial charge in [0.05, 0.1) is 35.4 Å². The van der Waals surface area contributed by atoms with Crippen LogP contribution in [-0.2, 0) is 24.8 Å². The van der Waals surface area contributed by atoms with Gasteiger partial charge in [-0.15, -0.1) is 0 Å². The Morgan fingerprint density at radius 2 is 1.47 bits per heavy atom. The number of sulfonamides is 2. The number of aryl methyl sites for hydroxylation is 1. The Kier molecular flexibility index (Phi) is 9.02. The van der Waals surface area contributed by atoms with E-state index in [-0.39, 0.29) is 33.0 Å². The monoisotopic (exact) mass is 561 g/mol. The number of benzene rings is 3. The lowest BCUT2D eigenvalue weighted by Crippen LogP contribution is -2.38. The minimum atomic E-state index is -4.16. The quantitative estimate of drug-likeness (QED) is 0.366. The molecule has 12 heteroatoms. The Bertz CT molecular complexity index is 1490. The standard InChI is InChI=1S/C26H31N3O7S2/c1-18(2)28-37(31,32)23-14-15-25(36-5)24(16-23)27-26(30)17-29(20-8-6-19(3)7-9-20)38(33,34)22-12-10-21(35-4)11-13-22/h6-16,18,28H,17H2,1-5H3,(H,27,30). The third-order valence-electron chi connectivity index (χ3n) is 5.40. The zero-order valence-electron chi connectivity index (χ0n) is 21.8. The first-order valence-corrected chi connectivity index (χ1v) is 14.5. The molecule has 10 nitrogen and oxygen atoms in total. The largest absolute Gasteiger partial charge is 0.497 e. The maximum Gasteiger partial charge on any atom is 0.264 e. The van der Waals surface area contributed by atoms with Crippen molar-refractivity contribution >= 4 is 37.3 Å². The van der Waals surface area contributed by atoms with Crippen molar-refractivity contribution in [2.24, 2.45) is 0 Å². The van der Waals surface area contributed by atoms with Crippen LogP contribution in [0.1, 0.15) is 19.4 Å². The van der Waals surface area contributed by atoms with Crippen molar-refractivity contribution in [3.05, 3.63) is 72.3 Å². The maximum atomic E-state index is 13.6. The minimum Gasteiger partial charge on any atom is -0.497 e. The molecule has 3 aromatic rings. The molecule has 204 valence electrons. The van der Waals surface area contributed by atoms with E-state index >= 15 is 0 Å². The molecule has 0 saturated heterocycles. The van der Waals surface area contributed by atoms with Crippen LogP contribution in [0.15, 0.2) is 76.5 Å². The van der Waals surface area contributed by atoms with Gasteiger partial charge >= 0.3 is 0 Å². The van der Waals surface area contributed by atoms with E-state index in [2.05, 4.69) is 10.0 Å². The van der Waals surface area contributed by atoms with Crippen LogP contribution >= 0.6 is 0 Å². The van der Waals surface area contributed by atoms with Gasteiger partial charge in [-0.2, -0.15) is 0 Å². The Hall–Kier alpha value is -3.61. The number of ether oxygens (including phenoxy) is 2. The first kappa shape index (κ1) is 29.0. The van der Waals surface area contributed by atoms with Gasteiger partial charge in [-0.1, -0.05) is 17.7 Å². The number of rotatable bonds is 11. The molecule has 0 unspecified atom stereocenters. The Morgan fingerprint density at radius 1 is 0.868 bits per heavy atom. The minimum absolute atomic E-state index is 0.0305. The third kappa shape index (κ3) is 6.82. The molecule has 0 radical (unpaired) electrons. The average Bonchev–Trinajstić information content (AvgIpc) is 2.87. The highest BCUT2D eigenvalue weighted by Gasteiger charge is 2.28. The van der Waals surface area contributed by atoms with Gasteiger partial charge in [0.1, 0.15) is 18.0 Å². The molecule has 0 bridgehead atoms. The smallest absolute Gasteiger partial charge is 0.264 e. The average molecular weight is 562 g/mol. The number of nitrogens with zero attached hydrogens (tertiary/aromatic N) is 1. The molecule has 3 rings (SSSR count). The van der Waals surface area contributed by atoms with E-state index in [1.807, 2.05) is 6.92 Å². The highest BCUT2D eigenvalue weighted by atomic mass is 32.2. The molecule has 0 saturated carbocycles. The summed E-state index contributed by atoms with van der Waals surface area (Å²) in [7, 11) is -5.17. The first-order chi connectivity index (χ1) is 17.9. The Balaban J connectivity index is 1.97. The highest BCUT2D eigenvalue weighted by Crippen LogP contribution is 2.29. The van der Waals surface area contributed by atoms with Crippen LogP contribution in [0, 0.1) is 6.92 Å². The summed E-state index contributed by atoms with van der Waals surface area (Å²) >= 11 is 0. The third-order valence-corrected chi connectivity index (χ3v) is 8.85. The van der Waals surface area contributed by atoms with Crippen LogP contribution in [0.2, 0.25) is 0 Å². The number of amides is 1. The van der Waals surface area contributed by atoms with E-state index in [4.69, 9.17) is 9.47 Å². The van der Waals surface area contributed by atoms with Gasteiger partial charge in [-0.25, -0.2) is 21.6 Å². The molecular formula is C26H31N3O7S2. The molecule has 0 fully saturated rings. The van der Waals surface area contributed by atoms with Crippen LogP contribution in [0.25, 0.3) is 0 Å². The lowest BCUT2D eigenvalue weighted by Gasteiger charge is -2.24. The summed E-state index contributed by atoms with van der Waals surface area (Å²) in [6, 6.07) is 16.2. The Labute approximate surface area is 223 Å². The van der Waals surface area contributed by atoms with Crippen LogP contribution in [0.5, 0.6) is 11.5 Å². The molecule has 38 heavy (non-hydrogen) atoms. The zero-order valence-corrected chi connectivity index (χ0v) is 23.4. The summed E-state index contributed by atoms with van der Waals surface area (Å²) < 4.78 is 66.4. The van der Waals surface area contributed by atoms with Gasteiger partial charge < -0.3 is 14.8 Å². The first-order valence-electron chi connectivity index (χ1n) is 11.6. The highest BCUT2D eigenvalue weighted by molar-refractivity contribution is 7.92. The second kappa shape index (κ2) is 11.8. The van der Waals surface area contributed by atoms with Crippen molar-refractivity contribution in [1.82, 2.24) is 4.72 Å². The van der Waals surface area contributed by atoms with Gasteiger partial charge in [0.15, 0.2) is 0 Å². The summed E-state index contributed by atoms with van der Waals surface area (Å²) in [5.41, 5.74) is 1.28. The predicted octanol–water partition coefficient (Wildman–Crippen LogP) is 3.53. The van der Waals surface area contributed by atoms with Crippen molar-refractivity contribution in [3.63, 3.8) is 0 Å². The molecule has 1 amide bonds. The summed E-state index contributed by atoms with van der Waals surface area (Å²) in [6.07, 6.45) is 0. The number of hydrogen-bond donors (Lipinski definition) is 2. The number of hydrogen-bond acceptors (Lipinski definition) is 7. The van der Waals surface area contributed by atoms with Crippen molar-refractivity contribution in [2.45, 2.75) is 36.6 Å². The summed E-state index contributed by atoms with van der Waals surface area (Å²) in [4.78, 5) is 13.1. The van der Waals surface area contributed by atoms with Crippen LogP contribution in [0.4, 0.5) is 11.4 Å². The second-order valence-electron chi connectivity index (χ2n) is 8.71. The summed E-state index contributed by atoms with van der Waals surface area (Å²) in [6.45, 7) is 4.65. The molecule has 0 aliphatic carbocycles. The van der Waals surface area contributed by atoms with Crippen molar-refractivity contribution < 1.29 is 31.1 Å². The molecular weight excluding hydrogens is 530 g/mol. The number of methoxy groups -OCH3 is 2. The molecule has 0 aromatic heterocycles. The number of anilines is 2. The van der Waals surface area contributed by atoms with E-state index in [0.29, 0.717) is 5.75 Å². The SMILES string of the molecule is COc1ccc(S(=O)(=O)N(CC(=O)Nc2cc(S(=O)(=O)NC(C)C)ccc2OC)c2ccc(C)cc2)cc1. The van der Waals surface area contributed by atoms with Crippen LogP contribution in [0.3, 0.4) is 0 Å². The maximum absolute atomic E-state index is 13.6. The van der Waals surface area contributed by atoms with Crippen LogP contribution in [-0.4, -0.2) is 49.5 Å². The van der Waals surface area contributed by atoms with E-state index in [1.54, 1.807) is 38.1 Å². The fourth-order valence-corrected chi connectivity index (χ4v) is 6.25. The Morgan fingerprint density at radius 3 is 2.03 bits per heavy atom. The number of nitrogens with one attached hydrogen (secondary N) is 2. The molecule has 3 aromatic carbocycles. The molecule has 0 atom stereocenters. The van der Waals surface area contributed by atoms with E-state index in [1.165, 1.54) is 56.7 Å². The fourth-order valence-electron chi connectivity index (χ4n) is 3.55. The number of carbonyl (C=O) groups excluding carboxylic acids is 1. The van der Waals surface area contributed by atoms with E-state index in [9.17, 15) is 21.6 Å². The van der Waals surface area contributed by atoms with Crippen molar-refractivity contribution in [2.75, 3.05) is 30.4 Å². The second-order valence-corrected chi connectivity index (χ2v) is 12.3. The van der Waals surface area contributed by atoms with Crippen molar-refractivity contribution in [1.29, 1.82) is 0 Å². The van der Waals surface area contributed by atoms with Crippen LogP contribution < -0.4 is 23.8 Å². The summed E-state index contributed by atoms with van der Waals surface area (Å²) in [5.74, 6) is -0.00784. The normalized spacial score (nSPS) is 11.7. The zero-order chi connectivity index (χ0) is 28.1. The van der Waals surface area contributed by atoms with Gasteiger partial charge in [-0.05, 0) is 75.4 Å². The lowest BCUT2D eigenvalue weighted by atomic mass is 10.2. The predicted molar refractivity (Wildman–Crippen MR) is 146 cm³/mol. The number of carbonyl (C=O) groups is 1. The van der Waals surface area contributed by atoms with Gasteiger partial charge in [0.25, 0.3) is 10.0 Å². The van der Waals surface area contributed by atoms with E-state index in [0.717, 1.165) is 9.87 Å². The van der Waals surface area contributed by atoms with Gasteiger partial charge in [0, 0.05) is 6.04 Å². The molecule has 0 aliphatic heterocycles. The molecule has 0 heterocycles. The van der Waals surface area contributed by atoms with Gasteiger partial charge in [0.2, 0.25) is 15.9 Å². The van der Waals surface area contributed by atoms with E-state index < -0.39 is 32.5 Å². The topological polar surface area (TPSA) is 131 Å². The fraction of sp³-hybridized carbons (Fsp3) is 0.269. The summed E-state index contributed by atoms with van der Waals surface area (Å²) in [5, 5.41) is 2.60. The van der Waals surface area contributed by atoms with Crippen molar-refractivity contribution in [3.8, 4) is 11.5 Å². The lowest BCUT2D eigenvalue weighted by molar-refractivity contribution is -0.114. The van der Waals surface area contributed by atoms with Gasteiger partial charge in [-0.3, -0.25) is 9.10 Å².